The van der Waals surface area contributed by atoms with Gasteiger partial charge in [-0.05, 0) is 72.5 Å². The third-order valence-corrected chi connectivity index (χ3v) is 11.5. The average molecular weight is 773 g/mol. The van der Waals surface area contributed by atoms with E-state index in [0.717, 1.165) is 42.0 Å². The van der Waals surface area contributed by atoms with Gasteiger partial charge in [0.1, 0.15) is 12.6 Å². The van der Waals surface area contributed by atoms with Crippen LogP contribution in [0, 0.1) is 0 Å². The summed E-state index contributed by atoms with van der Waals surface area (Å²) in [5.74, 6) is -0.420. The minimum Gasteiger partial charge on any atom is -0.493 e. The number of carbonyl (C=O) groups is 2. The van der Waals surface area contributed by atoms with E-state index in [1.165, 1.54) is 49.5 Å². The molecule has 0 saturated heterocycles. The molecule has 0 unspecified atom stereocenters. The highest BCUT2D eigenvalue weighted by molar-refractivity contribution is 7.92. The summed E-state index contributed by atoms with van der Waals surface area (Å²) >= 11 is 19.0. The number of hydrogen-bond donors (Lipinski definition) is 1. The number of benzene rings is 4. The van der Waals surface area contributed by atoms with Gasteiger partial charge < -0.3 is 19.7 Å². The van der Waals surface area contributed by atoms with E-state index >= 15 is 0 Å². The highest BCUT2D eigenvalue weighted by atomic mass is 35.5. The molecule has 1 atom stereocenters. The molecule has 1 N–H and O–H groups in total. The zero-order valence-corrected chi connectivity index (χ0v) is 31.4. The fraction of sp³-hybridized carbons (Fsp3) is 0.316. The highest BCUT2D eigenvalue weighted by Crippen LogP contribution is 2.33. The van der Waals surface area contributed by atoms with Gasteiger partial charge in [-0.2, -0.15) is 0 Å². The maximum absolute atomic E-state index is 14.8. The van der Waals surface area contributed by atoms with E-state index in [4.69, 9.17) is 44.3 Å². The molecule has 4 aromatic carbocycles. The molecule has 5 rings (SSSR count). The predicted molar refractivity (Wildman–Crippen MR) is 201 cm³/mol. The maximum atomic E-state index is 14.8. The van der Waals surface area contributed by atoms with E-state index < -0.39 is 28.5 Å². The van der Waals surface area contributed by atoms with Crippen LogP contribution in [0.2, 0.25) is 15.1 Å². The fourth-order valence-corrected chi connectivity index (χ4v) is 8.20. The largest absolute Gasteiger partial charge is 0.493 e. The highest BCUT2D eigenvalue weighted by Gasteiger charge is 2.36. The second-order valence-electron chi connectivity index (χ2n) is 12.3. The Kier molecular flexibility index (Phi) is 13.1. The van der Waals surface area contributed by atoms with Gasteiger partial charge in [-0.15, -0.1) is 0 Å². The molecular formula is C38H40Cl3N3O6S. The van der Waals surface area contributed by atoms with Crippen LogP contribution in [0.25, 0.3) is 0 Å². The van der Waals surface area contributed by atoms with Crippen LogP contribution in [0.4, 0.5) is 5.69 Å². The number of anilines is 1. The summed E-state index contributed by atoms with van der Waals surface area (Å²) in [6.45, 7) is -0.735. The Morgan fingerprint density at radius 3 is 2.14 bits per heavy atom. The Labute approximate surface area is 314 Å². The van der Waals surface area contributed by atoms with Crippen molar-refractivity contribution in [2.45, 2.75) is 62.0 Å². The van der Waals surface area contributed by atoms with Gasteiger partial charge in [0.25, 0.3) is 10.0 Å². The number of nitrogens with zero attached hydrogens (tertiary/aromatic N) is 2. The van der Waals surface area contributed by atoms with Crippen molar-refractivity contribution in [3.8, 4) is 11.5 Å². The summed E-state index contributed by atoms with van der Waals surface area (Å²) in [4.78, 5) is 30.4. The molecule has 0 aromatic heterocycles. The molecular weight excluding hydrogens is 733 g/mol. The molecule has 1 aliphatic rings. The molecule has 1 fully saturated rings. The minimum absolute atomic E-state index is 0.0309. The van der Waals surface area contributed by atoms with Crippen LogP contribution in [-0.4, -0.2) is 58.0 Å². The van der Waals surface area contributed by atoms with Crippen molar-refractivity contribution in [3.63, 3.8) is 0 Å². The van der Waals surface area contributed by atoms with Crippen LogP contribution in [0.5, 0.6) is 11.5 Å². The molecule has 9 nitrogen and oxygen atoms in total. The molecule has 1 saturated carbocycles. The standard InChI is InChI=1S/C38H40Cl3N3O6S/c1-49-35-20-19-32(23-36(35)50-2)51(47,48)44(31-17-15-28(39)16-18-31)25-37(45)43(24-27-13-14-29(40)22-33(27)41)34(21-26-9-5-3-6-10-26)38(46)42-30-11-7-4-8-12-30/h3,5-6,9-10,13-20,22-23,30,34H,4,7-8,11-12,21,24-25H2,1-2H3,(H,42,46)/t34-/m0/s1. The SMILES string of the molecule is COc1ccc(S(=O)(=O)N(CC(=O)N(Cc2ccc(Cl)cc2Cl)[C@@H](Cc2ccccc2)C(=O)NC2CCCCC2)c2ccc(Cl)cc2)cc1OC. The number of nitrogens with one attached hydrogen (secondary N) is 1. The number of amides is 2. The summed E-state index contributed by atoms with van der Waals surface area (Å²) in [6, 6.07) is 23.6. The number of ether oxygens (including phenoxy) is 2. The van der Waals surface area contributed by atoms with Crippen molar-refractivity contribution in [2.75, 3.05) is 25.1 Å². The number of sulfonamides is 1. The first-order chi connectivity index (χ1) is 24.5. The first-order valence-corrected chi connectivity index (χ1v) is 19.2. The molecule has 0 spiro atoms. The normalized spacial score (nSPS) is 14.0. The van der Waals surface area contributed by atoms with Gasteiger partial charge in [-0.25, -0.2) is 8.42 Å². The van der Waals surface area contributed by atoms with Crippen molar-refractivity contribution in [3.05, 3.63) is 117 Å². The van der Waals surface area contributed by atoms with Crippen molar-refractivity contribution in [2.24, 2.45) is 0 Å². The quantitative estimate of drug-likeness (QED) is 0.140. The molecule has 270 valence electrons. The molecule has 0 bridgehead atoms. The maximum Gasteiger partial charge on any atom is 0.264 e. The van der Waals surface area contributed by atoms with Crippen molar-refractivity contribution in [1.29, 1.82) is 0 Å². The first kappa shape index (κ1) is 38.3. The molecule has 1 aliphatic carbocycles. The zero-order valence-electron chi connectivity index (χ0n) is 28.4. The predicted octanol–water partition coefficient (Wildman–Crippen LogP) is 7.95. The zero-order chi connectivity index (χ0) is 36.5. The number of hydrogen-bond acceptors (Lipinski definition) is 6. The van der Waals surface area contributed by atoms with Gasteiger partial charge in [0.15, 0.2) is 11.5 Å². The summed E-state index contributed by atoms with van der Waals surface area (Å²) < 4.78 is 40.6. The molecule has 0 aliphatic heterocycles. The second kappa shape index (κ2) is 17.5. The lowest BCUT2D eigenvalue weighted by Crippen LogP contribution is -2.55. The average Bonchev–Trinajstić information content (AvgIpc) is 3.13. The fourth-order valence-electron chi connectivity index (χ4n) is 6.17. The number of rotatable bonds is 14. The van der Waals surface area contributed by atoms with Crippen LogP contribution in [0.15, 0.2) is 95.9 Å². The van der Waals surface area contributed by atoms with Crippen LogP contribution < -0.4 is 19.1 Å². The Bertz CT molecular complexity index is 1920. The third-order valence-electron chi connectivity index (χ3n) is 8.91. The van der Waals surface area contributed by atoms with Gasteiger partial charge in [0, 0.05) is 40.1 Å². The molecule has 51 heavy (non-hydrogen) atoms. The van der Waals surface area contributed by atoms with Crippen LogP contribution in [-0.2, 0) is 32.6 Å². The lowest BCUT2D eigenvalue weighted by Gasteiger charge is -2.35. The topological polar surface area (TPSA) is 105 Å². The smallest absolute Gasteiger partial charge is 0.264 e. The lowest BCUT2D eigenvalue weighted by atomic mass is 9.94. The molecule has 0 radical (unpaired) electrons. The Balaban J connectivity index is 1.59. The van der Waals surface area contributed by atoms with Crippen LogP contribution in [0.1, 0.15) is 43.2 Å². The van der Waals surface area contributed by atoms with Crippen LogP contribution >= 0.6 is 34.8 Å². The monoisotopic (exact) mass is 771 g/mol. The van der Waals surface area contributed by atoms with Gasteiger partial charge in [0.2, 0.25) is 11.8 Å². The summed E-state index contributed by atoms with van der Waals surface area (Å²) in [5.41, 5.74) is 1.56. The summed E-state index contributed by atoms with van der Waals surface area (Å²) in [6.07, 6.45) is 4.97. The summed E-state index contributed by atoms with van der Waals surface area (Å²) in [7, 11) is -1.55. The molecule has 2 amide bonds. The van der Waals surface area contributed by atoms with Gasteiger partial charge in [-0.1, -0.05) is 90.5 Å². The third kappa shape index (κ3) is 9.68. The van der Waals surface area contributed by atoms with E-state index in [9.17, 15) is 18.0 Å². The van der Waals surface area contributed by atoms with E-state index in [1.54, 1.807) is 30.3 Å². The lowest BCUT2D eigenvalue weighted by molar-refractivity contribution is -0.140. The van der Waals surface area contributed by atoms with E-state index in [-0.39, 0.29) is 41.2 Å². The molecule has 0 heterocycles. The first-order valence-electron chi connectivity index (χ1n) is 16.6. The van der Waals surface area contributed by atoms with Gasteiger partial charge in [0.05, 0.1) is 24.8 Å². The Morgan fingerprint density at radius 1 is 0.824 bits per heavy atom. The van der Waals surface area contributed by atoms with Gasteiger partial charge >= 0.3 is 0 Å². The van der Waals surface area contributed by atoms with Crippen molar-refractivity contribution in [1.82, 2.24) is 10.2 Å². The number of carbonyl (C=O) groups excluding carboxylic acids is 2. The van der Waals surface area contributed by atoms with Crippen LogP contribution in [0.3, 0.4) is 0 Å². The molecule has 4 aromatic rings. The van der Waals surface area contributed by atoms with E-state index in [0.29, 0.717) is 26.4 Å². The van der Waals surface area contributed by atoms with Gasteiger partial charge in [-0.3, -0.25) is 13.9 Å². The Morgan fingerprint density at radius 2 is 1.49 bits per heavy atom. The van der Waals surface area contributed by atoms with Crippen molar-refractivity contribution >= 4 is 62.3 Å². The number of halogens is 3. The second-order valence-corrected chi connectivity index (χ2v) is 15.5. The Hall–Kier alpha value is -3.96. The number of methoxy groups -OCH3 is 2. The van der Waals surface area contributed by atoms with E-state index in [2.05, 4.69) is 5.32 Å². The van der Waals surface area contributed by atoms with E-state index in [1.807, 2.05) is 30.3 Å². The molecule has 13 heteroatoms. The van der Waals surface area contributed by atoms with Crippen molar-refractivity contribution < 1.29 is 27.5 Å². The minimum atomic E-state index is -4.40. The summed E-state index contributed by atoms with van der Waals surface area (Å²) in [5, 5.41) is 4.29.